The van der Waals surface area contributed by atoms with Gasteiger partial charge in [0, 0.05) is 32.5 Å². The first-order chi connectivity index (χ1) is 13.3. The Morgan fingerprint density at radius 1 is 0.964 bits per heavy atom. The van der Waals surface area contributed by atoms with Crippen LogP contribution in [0.4, 0.5) is 0 Å². The lowest BCUT2D eigenvalue weighted by Crippen LogP contribution is -2.37. The van der Waals surface area contributed by atoms with Gasteiger partial charge in [-0.15, -0.1) is 24.0 Å². The Labute approximate surface area is 184 Å². The SMILES string of the molecule is CN=C(NCCCc1ccccc1)NCc1cccc(Cn2cccn2)c1.I. The molecule has 3 rings (SSSR count). The zero-order valence-corrected chi connectivity index (χ0v) is 18.5. The first-order valence-electron chi connectivity index (χ1n) is 9.37. The Morgan fingerprint density at radius 3 is 2.50 bits per heavy atom. The lowest BCUT2D eigenvalue weighted by Gasteiger charge is -2.12. The van der Waals surface area contributed by atoms with Gasteiger partial charge < -0.3 is 10.6 Å². The van der Waals surface area contributed by atoms with E-state index in [2.05, 4.69) is 75.3 Å². The molecule has 3 aromatic rings. The maximum absolute atomic E-state index is 4.31. The minimum absolute atomic E-state index is 0. The quantitative estimate of drug-likeness (QED) is 0.219. The van der Waals surface area contributed by atoms with Crippen LogP contribution < -0.4 is 10.6 Å². The second kappa shape index (κ2) is 12.2. The van der Waals surface area contributed by atoms with Crippen LogP contribution in [0.5, 0.6) is 0 Å². The Balaban J connectivity index is 0.00000280. The number of guanidine groups is 1. The number of aliphatic imine (C=N–C) groups is 1. The fraction of sp³-hybridized carbons (Fsp3) is 0.273. The highest BCUT2D eigenvalue weighted by Gasteiger charge is 2.01. The van der Waals surface area contributed by atoms with Crippen molar-refractivity contribution in [3.8, 4) is 0 Å². The third-order valence-corrected chi connectivity index (χ3v) is 4.36. The van der Waals surface area contributed by atoms with Crippen molar-refractivity contribution in [3.63, 3.8) is 0 Å². The summed E-state index contributed by atoms with van der Waals surface area (Å²) in [6, 6.07) is 21.1. The van der Waals surface area contributed by atoms with Gasteiger partial charge in [-0.1, -0.05) is 54.6 Å². The second-order valence-corrected chi connectivity index (χ2v) is 6.47. The third-order valence-electron chi connectivity index (χ3n) is 4.36. The van der Waals surface area contributed by atoms with Crippen molar-refractivity contribution < 1.29 is 0 Å². The van der Waals surface area contributed by atoms with E-state index in [1.54, 1.807) is 13.2 Å². The Kier molecular flexibility index (Phi) is 9.54. The zero-order chi connectivity index (χ0) is 18.7. The topological polar surface area (TPSA) is 54.2 Å². The molecule has 0 aliphatic rings. The molecular formula is C22H28IN5. The van der Waals surface area contributed by atoms with E-state index >= 15 is 0 Å². The second-order valence-electron chi connectivity index (χ2n) is 6.47. The molecule has 148 valence electrons. The smallest absolute Gasteiger partial charge is 0.191 e. The van der Waals surface area contributed by atoms with Gasteiger partial charge >= 0.3 is 0 Å². The molecule has 0 radical (unpaired) electrons. The monoisotopic (exact) mass is 489 g/mol. The Morgan fingerprint density at radius 2 is 1.75 bits per heavy atom. The van der Waals surface area contributed by atoms with Gasteiger partial charge in [-0.3, -0.25) is 9.67 Å². The van der Waals surface area contributed by atoms with E-state index in [1.165, 1.54) is 16.7 Å². The lowest BCUT2D eigenvalue weighted by molar-refractivity contribution is 0.685. The number of hydrogen-bond acceptors (Lipinski definition) is 2. The molecule has 0 fully saturated rings. The summed E-state index contributed by atoms with van der Waals surface area (Å²) in [5, 5.41) is 11.0. The van der Waals surface area contributed by atoms with Gasteiger partial charge in [-0.05, 0) is 35.6 Å². The summed E-state index contributed by atoms with van der Waals surface area (Å²) in [6.45, 7) is 2.42. The molecule has 0 aliphatic heterocycles. The number of aromatic nitrogens is 2. The van der Waals surface area contributed by atoms with Gasteiger partial charge in [-0.25, -0.2) is 0 Å². The predicted molar refractivity (Wildman–Crippen MR) is 126 cm³/mol. The highest BCUT2D eigenvalue weighted by Crippen LogP contribution is 2.07. The molecule has 0 atom stereocenters. The van der Waals surface area contributed by atoms with Crippen LogP contribution in [0.15, 0.2) is 78.0 Å². The standard InChI is InChI=1S/C22H27N5.HI/c1-23-22(24-13-6-12-19-8-3-2-4-9-19)25-17-20-10-5-11-21(16-20)18-27-15-7-14-26-27;/h2-5,7-11,14-16H,6,12-13,17-18H2,1H3,(H2,23,24,25);1H. The first-order valence-corrected chi connectivity index (χ1v) is 9.37. The number of hydrogen-bond donors (Lipinski definition) is 2. The summed E-state index contributed by atoms with van der Waals surface area (Å²) in [5.41, 5.74) is 3.84. The van der Waals surface area contributed by atoms with Crippen LogP contribution in [0.25, 0.3) is 0 Å². The summed E-state index contributed by atoms with van der Waals surface area (Å²) in [6.07, 6.45) is 5.93. The van der Waals surface area contributed by atoms with E-state index < -0.39 is 0 Å². The van der Waals surface area contributed by atoms with E-state index in [9.17, 15) is 0 Å². The number of halogens is 1. The molecule has 1 aromatic heterocycles. The average Bonchev–Trinajstić information content (AvgIpc) is 3.21. The summed E-state index contributed by atoms with van der Waals surface area (Å²) >= 11 is 0. The van der Waals surface area contributed by atoms with E-state index in [4.69, 9.17) is 0 Å². The summed E-state index contributed by atoms with van der Waals surface area (Å²) in [4.78, 5) is 4.31. The molecule has 2 N–H and O–H groups in total. The molecule has 0 spiro atoms. The Hall–Kier alpha value is -2.35. The zero-order valence-electron chi connectivity index (χ0n) is 16.2. The molecule has 0 amide bonds. The van der Waals surface area contributed by atoms with Crippen molar-refractivity contribution in [2.75, 3.05) is 13.6 Å². The summed E-state index contributed by atoms with van der Waals surface area (Å²) < 4.78 is 1.93. The van der Waals surface area contributed by atoms with Gasteiger partial charge in [0.15, 0.2) is 5.96 Å². The molecule has 0 unspecified atom stereocenters. The molecular weight excluding hydrogens is 461 g/mol. The van der Waals surface area contributed by atoms with E-state index in [0.29, 0.717) is 0 Å². The van der Waals surface area contributed by atoms with E-state index in [1.807, 2.05) is 16.9 Å². The van der Waals surface area contributed by atoms with Crippen molar-refractivity contribution in [3.05, 3.63) is 89.7 Å². The molecule has 28 heavy (non-hydrogen) atoms. The molecule has 1 heterocycles. The highest BCUT2D eigenvalue weighted by molar-refractivity contribution is 14.0. The summed E-state index contributed by atoms with van der Waals surface area (Å²) in [7, 11) is 1.81. The molecule has 2 aromatic carbocycles. The van der Waals surface area contributed by atoms with Crippen LogP contribution in [0.2, 0.25) is 0 Å². The number of nitrogens with zero attached hydrogens (tertiary/aromatic N) is 3. The minimum Gasteiger partial charge on any atom is -0.356 e. The van der Waals surface area contributed by atoms with Gasteiger partial charge in [0.1, 0.15) is 0 Å². The molecule has 6 heteroatoms. The molecule has 0 saturated carbocycles. The van der Waals surface area contributed by atoms with Crippen molar-refractivity contribution >= 4 is 29.9 Å². The number of benzene rings is 2. The minimum atomic E-state index is 0. The first kappa shape index (κ1) is 21.9. The third kappa shape index (κ3) is 7.34. The summed E-state index contributed by atoms with van der Waals surface area (Å²) in [5.74, 6) is 0.834. The number of aryl methyl sites for hydroxylation is 1. The predicted octanol–water partition coefficient (Wildman–Crippen LogP) is 3.85. The van der Waals surface area contributed by atoms with Crippen LogP contribution in [0, 0.1) is 0 Å². The van der Waals surface area contributed by atoms with Gasteiger partial charge in [-0.2, -0.15) is 5.10 Å². The van der Waals surface area contributed by atoms with Crippen molar-refractivity contribution in [1.82, 2.24) is 20.4 Å². The molecule has 0 bridgehead atoms. The lowest BCUT2D eigenvalue weighted by atomic mass is 10.1. The van der Waals surface area contributed by atoms with Gasteiger partial charge in [0.05, 0.1) is 6.54 Å². The van der Waals surface area contributed by atoms with Gasteiger partial charge in [0.2, 0.25) is 0 Å². The molecule has 5 nitrogen and oxygen atoms in total. The van der Waals surface area contributed by atoms with Crippen LogP contribution in [-0.2, 0) is 19.5 Å². The highest BCUT2D eigenvalue weighted by atomic mass is 127. The van der Waals surface area contributed by atoms with Crippen LogP contribution >= 0.6 is 24.0 Å². The number of nitrogens with one attached hydrogen (secondary N) is 2. The Bertz CT molecular complexity index is 831. The molecule has 0 saturated heterocycles. The largest absolute Gasteiger partial charge is 0.356 e. The average molecular weight is 489 g/mol. The maximum Gasteiger partial charge on any atom is 0.191 e. The van der Waals surface area contributed by atoms with Crippen molar-refractivity contribution in [2.24, 2.45) is 4.99 Å². The van der Waals surface area contributed by atoms with Crippen LogP contribution in [0.3, 0.4) is 0 Å². The number of rotatable bonds is 8. The van der Waals surface area contributed by atoms with E-state index in [-0.39, 0.29) is 24.0 Å². The van der Waals surface area contributed by atoms with E-state index in [0.717, 1.165) is 38.4 Å². The fourth-order valence-corrected chi connectivity index (χ4v) is 2.97. The van der Waals surface area contributed by atoms with Crippen LogP contribution in [0.1, 0.15) is 23.1 Å². The van der Waals surface area contributed by atoms with Crippen LogP contribution in [-0.4, -0.2) is 29.3 Å². The van der Waals surface area contributed by atoms with Crippen molar-refractivity contribution in [2.45, 2.75) is 25.9 Å². The maximum atomic E-state index is 4.31. The normalized spacial score (nSPS) is 11.0. The van der Waals surface area contributed by atoms with Crippen molar-refractivity contribution in [1.29, 1.82) is 0 Å². The molecule has 0 aliphatic carbocycles. The van der Waals surface area contributed by atoms with Gasteiger partial charge in [0.25, 0.3) is 0 Å². The fourth-order valence-electron chi connectivity index (χ4n) is 2.97.